The van der Waals surface area contributed by atoms with Crippen LogP contribution in [0.3, 0.4) is 0 Å². The summed E-state index contributed by atoms with van der Waals surface area (Å²) in [6, 6.07) is 5.55. The van der Waals surface area contributed by atoms with Crippen LogP contribution in [-0.4, -0.2) is 50.1 Å². The molecule has 2 aliphatic heterocycles. The van der Waals surface area contributed by atoms with Gasteiger partial charge in [0, 0.05) is 44.7 Å². The second-order valence-corrected chi connectivity index (χ2v) is 6.01. The molecule has 6 nitrogen and oxygen atoms in total. The number of rotatable bonds is 2. The molecule has 0 N–H and O–H groups in total. The highest BCUT2D eigenvalue weighted by Gasteiger charge is 2.29. The number of ether oxygens (including phenoxy) is 2. The van der Waals surface area contributed by atoms with E-state index in [1.807, 2.05) is 18.2 Å². The summed E-state index contributed by atoms with van der Waals surface area (Å²) in [7, 11) is 1.78. The fourth-order valence-electron chi connectivity index (χ4n) is 3.08. The number of benzene rings is 1. The molecule has 1 fully saturated rings. The molecule has 0 atom stereocenters. The standard InChI is InChI=1S/C17H22N2O4/c1-12(20)19-7-5-13(6-8-19)17(21)18(2)14-3-4-15-16(11-14)23-10-9-22-15/h3-4,11,13H,5-10H2,1-2H3. The van der Waals surface area contributed by atoms with Gasteiger partial charge in [0.25, 0.3) is 0 Å². The van der Waals surface area contributed by atoms with Crippen LogP contribution in [0.4, 0.5) is 5.69 Å². The van der Waals surface area contributed by atoms with Gasteiger partial charge in [0.05, 0.1) is 0 Å². The Kier molecular flexibility index (Phi) is 4.41. The quantitative estimate of drug-likeness (QED) is 0.832. The lowest BCUT2D eigenvalue weighted by Crippen LogP contribution is -2.42. The summed E-state index contributed by atoms with van der Waals surface area (Å²) in [6.07, 6.45) is 1.43. The van der Waals surface area contributed by atoms with Crippen molar-refractivity contribution in [2.45, 2.75) is 19.8 Å². The van der Waals surface area contributed by atoms with Crippen molar-refractivity contribution in [3.63, 3.8) is 0 Å². The lowest BCUT2D eigenvalue weighted by Gasteiger charge is -2.32. The molecule has 0 radical (unpaired) electrons. The number of hydrogen-bond donors (Lipinski definition) is 0. The molecule has 6 heteroatoms. The third kappa shape index (κ3) is 3.25. The first kappa shape index (κ1) is 15.6. The van der Waals surface area contributed by atoms with Gasteiger partial charge in [-0.15, -0.1) is 0 Å². The number of likely N-dealkylation sites (tertiary alicyclic amines) is 1. The largest absolute Gasteiger partial charge is 0.486 e. The molecular formula is C17H22N2O4. The van der Waals surface area contributed by atoms with Gasteiger partial charge < -0.3 is 19.3 Å². The Morgan fingerprint density at radius 2 is 1.78 bits per heavy atom. The second kappa shape index (κ2) is 6.48. The van der Waals surface area contributed by atoms with Crippen LogP contribution < -0.4 is 14.4 Å². The van der Waals surface area contributed by atoms with Crippen molar-refractivity contribution in [1.82, 2.24) is 4.90 Å². The Hall–Kier alpha value is -2.24. The topological polar surface area (TPSA) is 59.1 Å². The van der Waals surface area contributed by atoms with Crippen molar-refractivity contribution in [3.8, 4) is 11.5 Å². The number of nitrogens with zero attached hydrogens (tertiary/aromatic N) is 2. The SMILES string of the molecule is CC(=O)N1CCC(C(=O)N(C)c2ccc3c(c2)OCCO3)CC1. The minimum absolute atomic E-state index is 0.0381. The summed E-state index contributed by atoms with van der Waals surface area (Å²) >= 11 is 0. The fourth-order valence-corrected chi connectivity index (χ4v) is 3.08. The highest BCUT2D eigenvalue weighted by Crippen LogP contribution is 2.34. The zero-order valence-corrected chi connectivity index (χ0v) is 13.6. The number of carbonyl (C=O) groups excluding carboxylic acids is 2. The Balaban J connectivity index is 1.67. The first-order chi connectivity index (χ1) is 11.1. The van der Waals surface area contributed by atoms with Crippen molar-refractivity contribution in [2.24, 2.45) is 5.92 Å². The van der Waals surface area contributed by atoms with Crippen molar-refractivity contribution in [1.29, 1.82) is 0 Å². The molecule has 0 spiro atoms. The Morgan fingerprint density at radius 3 is 2.43 bits per heavy atom. The van der Waals surface area contributed by atoms with Crippen LogP contribution in [0.2, 0.25) is 0 Å². The molecule has 0 aliphatic carbocycles. The smallest absolute Gasteiger partial charge is 0.229 e. The Morgan fingerprint density at radius 1 is 1.13 bits per heavy atom. The molecule has 124 valence electrons. The number of carbonyl (C=O) groups is 2. The predicted molar refractivity (Wildman–Crippen MR) is 85.8 cm³/mol. The van der Waals surface area contributed by atoms with E-state index < -0.39 is 0 Å². The fraction of sp³-hybridized carbons (Fsp3) is 0.529. The van der Waals surface area contributed by atoms with Gasteiger partial charge in [0.15, 0.2) is 11.5 Å². The summed E-state index contributed by atoms with van der Waals surface area (Å²) in [5.74, 6) is 1.53. The van der Waals surface area contributed by atoms with Crippen LogP contribution in [-0.2, 0) is 9.59 Å². The van der Waals surface area contributed by atoms with Crippen molar-refractivity contribution < 1.29 is 19.1 Å². The number of hydrogen-bond acceptors (Lipinski definition) is 4. The average molecular weight is 318 g/mol. The lowest BCUT2D eigenvalue weighted by atomic mass is 9.95. The molecule has 1 saturated heterocycles. The van der Waals surface area contributed by atoms with E-state index in [0.29, 0.717) is 44.9 Å². The maximum Gasteiger partial charge on any atom is 0.229 e. The maximum absolute atomic E-state index is 12.7. The third-order valence-electron chi connectivity index (χ3n) is 4.53. The molecule has 2 heterocycles. The van der Waals surface area contributed by atoms with Crippen LogP contribution in [0.5, 0.6) is 11.5 Å². The highest BCUT2D eigenvalue weighted by molar-refractivity contribution is 5.95. The first-order valence-corrected chi connectivity index (χ1v) is 7.99. The van der Waals surface area contributed by atoms with Crippen LogP contribution in [0, 0.1) is 5.92 Å². The predicted octanol–water partition coefficient (Wildman–Crippen LogP) is 1.68. The van der Waals surface area contributed by atoms with Gasteiger partial charge in [-0.25, -0.2) is 0 Å². The minimum Gasteiger partial charge on any atom is -0.486 e. The monoisotopic (exact) mass is 318 g/mol. The maximum atomic E-state index is 12.7. The molecule has 0 saturated carbocycles. The van der Waals surface area contributed by atoms with E-state index in [0.717, 1.165) is 11.4 Å². The Labute approximate surface area is 136 Å². The highest BCUT2D eigenvalue weighted by atomic mass is 16.6. The van der Waals surface area contributed by atoms with Crippen molar-refractivity contribution >= 4 is 17.5 Å². The summed E-state index contributed by atoms with van der Waals surface area (Å²) in [5, 5.41) is 0. The summed E-state index contributed by atoms with van der Waals surface area (Å²) in [6.45, 7) is 3.96. The van der Waals surface area contributed by atoms with Crippen molar-refractivity contribution in [2.75, 3.05) is 38.3 Å². The summed E-state index contributed by atoms with van der Waals surface area (Å²) in [4.78, 5) is 27.5. The van der Waals surface area contributed by atoms with Crippen LogP contribution in [0.15, 0.2) is 18.2 Å². The molecule has 23 heavy (non-hydrogen) atoms. The number of amides is 2. The van der Waals surface area contributed by atoms with Gasteiger partial charge in [-0.3, -0.25) is 9.59 Å². The number of piperidine rings is 1. The normalized spacial score (nSPS) is 17.7. The molecule has 1 aromatic rings. The summed E-state index contributed by atoms with van der Waals surface area (Å²) in [5.41, 5.74) is 0.799. The molecule has 0 aromatic heterocycles. The van der Waals surface area contributed by atoms with Gasteiger partial charge in [-0.1, -0.05) is 0 Å². The van der Waals surface area contributed by atoms with Gasteiger partial charge >= 0.3 is 0 Å². The van der Waals surface area contributed by atoms with Crippen LogP contribution in [0.1, 0.15) is 19.8 Å². The van der Waals surface area contributed by atoms with Crippen molar-refractivity contribution in [3.05, 3.63) is 18.2 Å². The van der Waals surface area contributed by atoms with E-state index in [2.05, 4.69) is 0 Å². The molecule has 1 aromatic carbocycles. The number of fused-ring (bicyclic) bond motifs is 1. The van der Waals surface area contributed by atoms with E-state index in [1.54, 1.807) is 23.8 Å². The van der Waals surface area contributed by atoms with E-state index in [1.165, 1.54) is 0 Å². The molecule has 2 aliphatic rings. The first-order valence-electron chi connectivity index (χ1n) is 7.99. The lowest BCUT2D eigenvalue weighted by molar-refractivity contribution is -0.133. The van der Waals surface area contributed by atoms with Gasteiger partial charge in [-0.2, -0.15) is 0 Å². The molecule has 3 rings (SSSR count). The zero-order chi connectivity index (χ0) is 16.4. The molecular weight excluding hydrogens is 296 g/mol. The van der Waals surface area contributed by atoms with E-state index in [9.17, 15) is 9.59 Å². The van der Waals surface area contributed by atoms with Gasteiger partial charge in [0.1, 0.15) is 13.2 Å². The Bertz CT molecular complexity index is 609. The third-order valence-corrected chi connectivity index (χ3v) is 4.53. The van der Waals surface area contributed by atoms with Crippen LogP contribution in [0.25, 0.3) is 0 Å². The van der Waals surface area contributed by atoms with E-state index in [4.69, 9.17) is 9.47 Å². The molecule has 2 amide bonds. The van der Waals surface area contributed by atoms with Crippen LogP contribution >= 0.6 is 0 Å². The van der Waals surface area contributed by atoms with Gasteiger partial charge in [-0.05, 0) is 25.0 Å². The average Bonchev–Trinajstić information content (AvgIpc) is 2.60. The molecule has 0 unspecified atom stereocenters. The van der Waals surface area contributed by atoms with Gasteiger partial charge in [0.2, 0.25) is 11.8 Å². The second-order valence-electron chi connectivity index (χ2n) is 6.01. The minimum atomic E-state index is -0.0381. The summed E-state index contributed by atoms with van der Waals surface area (Å²) < 4.78 is 11.1. The number of anilines is 1. The van der Waals surface area contributed by atoms with E-state index in [-0.39, 0.29) is 17.7 Å². The molecule has 0 bridgehead atoms. The van der Waals surface area contributed by atoms with E-state index >= 15 is 0 Å². The zero-order valence-electron chi connectivity index (χ0n) is 13.6.